The zero-order valence-electron chi connectivity index (χ0n) is 7.71. The van der Waals surface area contributed by atoms with Gasteiger partial charge < -0.3 is 4.90 Å². The number of amides is 1. The summed E-state index contributed by atoms with van der Waals surface area (Å²) in [5.41, 5.74) is 2.31. The third-order valence-corrected chi connectivity index (χ3v) is 2.43. The molecule has 0 aromatic heterocycles. The molecular weight excluding hydrogens is 162 g/mol. The largest absolute Gasteiger partial charge is 0.312 e. The van der Waals surface area contributed by atoms with Crippen molar-refractivity contribution < 1.29 is 4.79 Å². The van der Waals surface area contributed by atoms with Gasteiger partial charge in [0.15, 0.2) is 0 Å². The van der Waals surface area contributed by atoms with Gasteiger partial charge in [-0.1, -0.05) is 19.1 Å². The standard InChI is InChI=1S/C11H12NO/c1-2-11(13)12-8-7-9-5-3-4-6-10(9)12/h3,5-6H,2,7-8H2,1H3. The first-order valence-corrected chi connectivity index (χ1v) is 4.62. The van der Waals surface area contributed by atoms with Crippen LogP contribution in [0.5, 0.6) is 0 Å². The number of hydrogen-bond acceptors (Lipinski definition) is 1. The summed E-state index contributed by atoms with van der Waals surface area (Å²) in [5, 5.41) is 0. The number of rotatable bonds is 1. The molecule has 2 nitrogen and oxygen atoms in total. The van der Waals surface area contributed by atoms with Crippen LogP contribution in [0.2, 0.25) is 0 Å². The Morgan fingerprint density at radius 3 is 3.31 bits per heavy atom. The molecule has 1 radical (unpaired) electrons. The summed E-state index contributed by atoms with van der Waals surface area (Å²) in [6.07, 6.45) is 1.56. The summed E-state index contributed by atoms with van der Waals surface area (Å²) in [5.74, 6) is 0.207. The molecule has 0 fully saturated rings. The Hall–Kier alpha value is -1.31. The van der Waals surface area contributed by atoms with E-state index in [2.05, 4.69) is 6.07 Å². The van der Waals surface area contributed by atoms with Crippen LogP contribution in [0.25, 0.3) is 0 Å². The molecule has 0 spiro atoms. The molecular formula is C11H12NO. The van der Waals surface area contributed by atoms with Crippen LogP contribution in [0.3, 0.4) is 0 Å². The molecule has 1 aromatic rings. The molecule has 67 valence electrons. The number of hydrogen-bond donors (Lipinski definition) is 0. The van der Waals surface area contributed by atoms with Crippen molar-refractivity contribution in [1.29, 1.82) is 0 Å². The van der Waals surface area contributed by atoms with Crippen molar-refractivity contribution in [3.63, 3.8) is 0 Å². The van der Waals surface area contributed by atoms with Gasteiger partial charge >= 0.3 is 0 Å². The number of carbonyl (C=O) groups is 1. The molecule has 2 rings (SSSR count). The SMILES string of the molecule is CCC(=O)N1CCc2cc[c]cc21. The number of benzene rings is 1. The van der Waals surface area contributed by atoms with Crippen molar-refractivity contribution >= 4 is 11.6 Å². The minimum absolute atomic E-state index is 0.207. The van der Waals surface area contributed by atoms with Gasteiger partial charge in [-0.25, -0.2) is 0 Å². The zero-order valence-corrected chi connectivity index (χ0v) is 7.71. The van der Waals surface area contributed by atoms with Gasteiger partial charge in [0.25, 0.3) is 0 Å². The Balaban J connectivity index is 2.33. The second-order valence-corrected chi connectivity index (χ2v) is 3.20. The predicted octanol–water partition coefficient (Wildman–Crippen LogP) is 1.79. The molecule has 1 aliphatic heterocycles. The Labute approximate surface area is 78.2 Å². The molecule has 1 amide bonds. The molecule has 1 aliphatic rings. The van der Waals surface area contributed by atoms with E-state index in [9.17, 15) is 4.79 Å². The lowest BCUT2D eigenvalue weighted by atomic mass is 10.2. The molecule has 0 N–H and O–H groups in total. The molecule has 2 heteroatoms. The highest BCUT2D eigenvalue weighted by Gasteiger charge is 2.22. The van der Waals surface area contributed by atoms with E-state index < -0.39 is 0 Å². The monoisotopic (exact) mass is 174 g/mol. The van der Waals surface area contributed by atoms with Crippen molar-refractivity contribution in [1.82, 2.24) is 0 Å². The predicted molar refractivity (Wildman–Crippen MR) is 51.6 cm³/mol. The van der Waals surface area contributed by atoms with Gasteiger partial charge in [-0.05, 0) is 24.1 Å². The van der Waals surface area contributed by atoms with E-state index in [0.717, 1.165) is 18.7 Å². The number of nitrogens with zero attached hydrogens (tertiary/aromatic N) is 1. The third kappa shape index (κ3) is 1.32. The van der Waals surface area contributed by atoms with E-state index >= 15 is 0 Å². The second-order valence-electron chi connectivity index (χ2n) is 3.20. The van der Waals surface area contributed by atoms with Gasteiger partial charge in [0, 0.05) is 18.7 Å². The summed E-state index contributed by atoms with van der Waals surface area (Å²) < 4.78 is 0. The lowest BCUT2D eigenvalue weighted by Gasteiger charge is -2.15. The van der Waals surface area contributed by atoms with E-state index in [0.29, 0.717) is 6.42 Å². The molecule has 1 heterocycles. The molecule has 0 unspecified atom stereocenters. The molecule has 0 aliphatic carbocycles. The minimum atomic E-state index is 0.207. The number of fused-ring (bicyclic) bond motifs is 1. The maximum Gasteiger partial charge on any atom is 0.226 e. The van der Waals surface area contributed by atoms with Crippen LogP contribution in [-0.2, 0) is 11.2 Å². The lowest BCUT2D eigenvalue weighted by molar-refractivity contribution is -0.118. The number of anilines is 1. The van der Waals surface area contributed by atoms with E-state index in [1.165, 1.54) is 5.56 Å². The molecule has 0 saturated heterocycles. The summed E-state index contributed by atoms with van der Waals surface area (Å²) in [4.78, 5) is 13.3. The molecule has 0 bridgehead atoms. The van der Waals surface area contributed by atoms with Crippen molar-refractivity contribution in [2.24, 2.45) is 0 Å². The number of carbonyl (C=O) groups excluding carboxylic acids is 1. The normalized spacial score (nSPS) is 14.4. The topological polar surface area (TPSA) is 20.3 Å². The van der Waals surface area contributed by atoms with Crippen LogP contribution in [-0.4, -0.2) is 12.5 Å². The van der Waals surface area contributed by atoms with Gasteiger partial charge in [-0.3, -0.25) is 4.79 Å². The van der Waals surface area contributed by atoms with Crippen molar-refractivity contribution in [2.45, 2.75) is 19.8 Å². The highest BCUT2D eigenvalue weighted by Crippen LogP contribution is 2.27. The Morgan fingerprint density at radius 2 is 2.54 bits per heavy atom. The molecule has 13 heavy (non-hydrogen) atoms. The van der Waals surface area contributed by atoms with E-state index in [1.807, 2.05) is 30.0 Å². The van der Waals surface area contributed by atoms with Crippen LogP contribution in [0.4, 0.5) is 5.69 Å². The summed E-state index contributed by atoms with van der Waals surface area (Å²) in [7, 11) is 0. The van der Waals surface area contributed by atoms with Crippen LogP contribution < -0.4 is 4.90 Å². The van der Waals surface area contributed by atoms with Gasteiger partial charge in [0.1, 0.15) is 0 Å². The maximum atomic E-state index is 11.5. The summed E-state index contributed by atoms with van der Waals surface area (Å²) in [6, 6.07) is 8.85. The van der Waals surface area contributed by atoms with Crippen molar-refractivity contribution in [3.8, 4) is 0 Å². The highest BCUT2D eigenvalue weighted by molar-refractivity contribution is 5.95. The lowest BCUT2D eigenvalue weighted by Crippen LogP contribution is -2.27. The fourth-order valence-corrected chi connectivity index (χ4v) is 1.72. The van der Waals surface area contributed by atoms with Gasteiger partial charge in [-0.15, -0.1) is 0 Å². The van der Waals surface area contributed by atoms with Gasteiger partial charge in [-0.2, -0.15) is 0 Å². The first kappa shape index (κ1) is 8.30. The molecule has 0 saturated carbocycles. The van der Waals surface area contributed by atoms with Gasteiger partial charge in [0.2, 0.25) is 5.91 Å². The maximum absolute atomic E-state index is 11.5. The van der Waals surface area contributed by atoms with Crippen LogP contribution in [0, 0.1) is 6.07 Å². The van der Waals surface area contributed by atoms with Crippen LogP contribution in [0.1, 0.15) is 18.9 Å². The average molecular weight is 174 g/mol. The van der Waals surface area contributed by atoms with E-state index in [1.54, 1.807) is 0 Å². The van der Waals surface area contributed by atoms with Crippen LogP contribution >= 0.6 is 0 Å². The molecule has 1 aromatic carbocycles. The average Bonchev–Trinajstić information content (AvgIpc) is 2.60. The Morgan fingerprint density at radius 1 is 1.69 bits per heavy atom. The smallest absolute Gasteiger partial charge is 0.226 e. The third-order valence-electron chi connectivity index (χ3n) is 2.43. The molecule has 0 atom stereocenters. The van der Waals surface area contributed by atoms with E-state index in [4.69, 9.17) is 0 Å². The van der Waals surface area contributed by atoms with Crippen molar-refractivity contribution in [2.75, 3.05) is 11.4 Å². The van der Waals surface area contributed by atoms with Crippen molar-refractivity contribution in [3.05, 3.63) is 29.8 Å². The second kappa shape index (κ2) is 3.21. The first-order chi connectivity index (χ1) is 6.33. The quantitative estimate of drug-likeness (QED) is 0.635. The zero-order chi connectivity index (χ0) is 9.26. The highest BCUT2D eigenvalue weighted by atomic mass is 16.2. The van der Waals surface area contributed by atoms with E-state index in [-0.39, 0.29) is 5.91 Å². The summed E-state index contributed by atoms with van der Waals surface area (Å²) in [6.45, 7) is 2.73. The van der Waals surface area contributed by atoms with Crippen LogP contribution in [0.15, 0.2) is 18.2 Å². The Kier molecular flexibility index (Phi) is 2.05. The van der Waals surface area contributed by atoms with Gasteiger partial charge in [0.05, 0.1) is 0 Å². The fraction of sp³-hybridized carbons (Fsp3) is 0.364. The minimum Gasteiger partial charge on any atom is -0.312 e. The summed E-state index contributed by atoms with van der Waals surface area (Å²) >= 11 is 0. The Bertz CT molecular complexity index is 333. The first-order valence-electron chi connectivity index (χ1n) is 4.62. The fourth-order valence-electron chi connectivity index (χ4n) is 1.72.